The molecule has 0 aromatic rings. The van der Waals surface area contributed by atoms with E-state index in [1.165, 1.54) is 71.5 Å². The lowest BCUT2D eigenvalue weighted by Gasteiger charge is -2.40. The standard InChI is InChI=1S/C13H25N3/c1-2-12(1)11-15-7-3-13(4-8-15)16-9-5-14-6-10-16/h12-14H,1-11H2. The Bertz CT molecular complexity index is 213. The van der Waals surface area contributed by atoms with Crippen LogP contribution in [0.4, 0.5) is 0 Å². The second kappa shape index (κ2) is 5.03. The molecule has 0 radical (unpaired) electrons. The molecule has 0 bridgehead atoms. The van der Waals surface area contributed by atoms with Crippen molar-refractivity contribution in [2.75, 3.05) is 45.8 Å². The highest BCUT2D eigenvalue weighted by molar-refractivity contribution is 4.85. The Hall–Kier alpha value is -0.120. The molecule has 0 aromatic carbocycles. The molecule has 3 aliphatic rings. The van der Waals surface area contributed by atoms with Crippen LogP contribution in [0.1, 0.15) is 25.7 Å². The van der Waals surface area contributed by atoms with Gasteiger partial charge in [-0.2, -0.15) is 0 Å². The molecule has 1 saturated carbocycles. The minimum atomic E-state index is 0.887. The number of nitrogens with one attached hydrogen (secondary N) is 1. The lowest BCUT2D eigenvalue weighted by atomic mass is 10.0. The molecule has 0 amide bonds. The number of piperidine rings is 1. The summed E-state index contributed by atoms with van der Waals surface area (Å²) in [6.45, 7) is 9.04. The van der Waals surface area contributed by atoms with Gasteiger partial charge in [0.25, 0.3) is 0 Å². The van der Waals surface area contributed by atoms with Crippen molar-refractivity contribution in [3.05, 3.63) is 0 Å². The van der Waals surface area contributed by atoms with Gasteiger partial charge in [0.2, 0.25) is 0 Å². The van der Waals surface area contributed by atoms with Gasteiger partial charge < -0.3 is 10.2 Å². The van der Waals surface area contributed by atoms with Gasteiger partial charge in [-0.15, -0.1) is 0 Å². The molecule has 0 unspecified atom stereocenters. The van der Waals surface area contributed by atoms with Crippen LogP contribution in [0.3, 0.4) is 0 Å². The summed E-state index contributed by atoms with van der Waals surface area (Å²) < 4.78 is 0. The van der Waals surface area contributed by atoms with Crippen molar-refractivity contribution >= 4 is 0 Å². The van der Waals surface area contributed by atoms with Gasteiger partial charge in [-0.25, -0.2) is 0 Å². The summed E-state index contributed by atoms with van der Waals surface area (Å²) in [7, 11) is 0. The van der Waals surface area contributed by atoms with Crippen LogP contribution in [-0.2, 0) is 0 Å². The third kappa shape index (κ3) is 2.76. The average Bonchev–Trinajstić information content (AvgIpc) is 3.15. The second-order valence-corrected chi connectivity index (χ2v) is 5.76. The molecule has 3 fully saturated rings. The summed E-state index contributed by atoms with van der Waals surface area (Å²) in [6.07, 6.45) is 5.81. The Kier molecular flexibility index (Phi) is 3.46. The van der Waals surface area contributed by atoms with Gasteiger partial charge in [0.1, 0.15) is 0 Å². The van der Waals surface area contributed by atoms with E-state index >= 15 is 0 Å². The average molecular weight is 223 g/mol. The molecule has 2 heterocycles. The molecule has 2 saturated heterocycles. The predicted octanol–water partition coefficient (Wildman–Crippen LogP) is 0.766. The first kappa shape index (κ1) is 11.0. The van der Waals surface area contributed by atoms with Gasteiger partial charge in [-0.05, 0) is 44.7 Å². The molecule has 92 valence electrons. The number of nitrogens with zero attached hydrogens (tertiary/aromatic N) is 2. The Balaban J connectivity index is 1.42. The van der Waals surface area contributed by atoms with E-state index in [0.29, 0.717) is 0 Å². The van der Waals surface area contributed by atoms with E-state index in [-0.39, 0.29) is 0 Å². The molecule has 1 aliphatic carbocycles. The molecule has 0 spiro atoms. The quantitative estimate of drug-likeness (QED) is 0.762. The van der Waals surface area contributed by atoms with E-state index in [0.717, 1.165) is 12.0 Å². The van der Waals surface area contributed by atoms with Crippen LogP contribution in [0, 0.1) is 5.92 Å². The van der Waals surface area contributed by atoms with Crippen LogP contribution < -0.4 is 5.32 Å². The molecule has 3 heteroatoms. The topological polar surface area (TPSA) is 18.5 Å². The normalized spacial score (nSPS) is 30.8. The summed E-state index contributed by atoms with van der Waals surface area (Å²) in [5.41, 5.74) is 0. The van der Waals surface area contributed by atoms with Crippen molar-refractivity contribution in [3.8, 4) is 0 Å². The number of likely N-dealkylation sites (tertiary alicyclic amines) is 1. The maximum atomic E-state index is 3.44. The highest BCUT2D eigenvalue weighted by Gasteiger charge is 2.29. The van der Waals surface area contributed by atoms with Crippen LogP contribution in [0.2, 0.25) is 0 Å². The van der Waals surface area contributed by atoms with Gasteiger partial charge in [-0.3, -0.25) is 4.90 Å². The van der Waals surface area contributed by atoms with Crippen LogP contribution in [0.5, 0.6) is 0 Å². The van der Waals surface area contributed by atoms with E-state index in [1.807, 2.05) is 0 Å². The summed E-state index contributed by atoms with van der Waals surface area (Å²) in [5, 5.41) is 3.44. The minimum Gasteiger partial charge on any atom is -0.314 e. The van der Waals surface area contributed by atoms with Gasteiger partial charge >= 0.3 is 0 Å². The SMILES string of the molecule is C1CN(C2CCN(CC3CC3)CC2)CCN1. The summed E-state index contributed by atoms with van der Waals surface area (Å²) >= 11 is 0. The van der Waals surface area contributed by atoms with Crippen molar-refractivity contribution in [3.63, 3.8) is 0 Å². The fourth-order valence-electron chi connectivity index (χ4n) is 3.18. The number of piperazine rings is 1. The first-order chi connectivity index (χ1) is 7.92. The first-order valence-electron chi connectivity index (χ1n) is 7.09. The van der Waals surface area contributed by atoms with Crippen LogP contribution in [-0.4, -0.2) is 61.7 Å². The van der Waals surface area contributed by atoms with Crippen molar-refractivity contribution < 1.29 is 0 Å². The molecule has 2 aliphatic heterocycles. The van der Waals surface area contributed by atoms with Crippen molar-refractivity contribution in [2.45, 2.75) is 31.7 Å². The first-order valence-corrected chi connectivity index (χ1v) is 7.09. The van der Waals surface area contributed by atoms with Crippen molar-refractivity contribution in [2.24, 2.45) is 5.92 Å². The lowest BCUT2D eigenvalue weighted by molar-refractivity contribution is 0.0958. The van der Waals surface area contributed by atoms with E-state index in [2.05, 4.69) is 15.1 Å². The molecule has 1 N–H and O–H groups in total. The molecular weight excluding hydrogens is 198 g/mol. The van der Waals surface area contributed by atoms with Crippen LogP contribution in [0.25, 0.3) is 0 Å². The van der Waals surface area contributed by atoms with Crippen LogP contribution in [0.15, 0.2) is 0 Å². The molecule has 0 aromatic heterocycles. The zero-order valence-electron chi connectivity index (χ0n) is 10.3. The number of rotatable bonds is 3. The molecule has 3 nitrogen and oxygen atoms in total. The predicted molar refractivity (Wildman–Crippen MR) is 66.6 cm³/mol. The van der Waals surface area contributed by atoms with E-state index in [4.69, 9.17) is 0 Å². The van der Waals surface area contributed by atoms with Crippen LogP contribution >= 0.6 is 0 Å². The number of hydrogen-bond donors (Lipinski definition) is 1. The highest BCUT2D eigenvalue weighted by Crippen LogP contribution is 2.30. The van der Waals surface area contributed by atoms with Crippen molar-refractivity contribution in [1.29, 1.82) is 0 Å². The van der Waals surface area contributed by atoms with E-state index in [9.17, 15) is 0 Å². The van der Waals surface area contributed by atoms with Gasteiger partial charge in [-0.1, -0.05) is 0 Å². The third-order valence-electron chi connectivity index (χ3n) is 4.44. The Morgan fingerprint density at radius 3 is 2.19 bits per heavy atom. The van der Waals surface area contributed by atoms with Gasteiger partial charge in [0.05, 0.1) is 0 Å². The largest absolute Gasteiger partial charge is 0.314 e. The summed E-state index contributed by atoms with van der Waals surface area (Å²) in [5.74, 6) is 1.07. The highest BCUT2D eigenvalue weighted by atomic mass is 15.2. The molecule has 16 heavy (non-hydrogen) atoms. The Morgan fingerprint density at radius 1 is 0.875 bits per heavy atom. The van der Waals surface area contributed by atoms with E-state index in [1.54, 1.807) is 0 Å². The Morgan fingerprint density at radius 2 is 1.56 bits per heavy atom. The minimum absolute atomic E-state index is 0.887. The van der Waals surface area contributed by atoms with Gasteiger partial charge in [0, 0.05) is 38.8 Å². The number of hydrogen-bond acceptors (Lipinski definition) is 3. The monoisotopic (exact) mass is 223 g/mol. The summed E-state index contributed by atoms with van der Waals surface area (Å²) in [4.78, 5) is 5.42. The fraction of sp³-hybridized carbons (Fsp3) is 1.00. The zero-order valence-corrected chi connectivity index (χ0v) is 10.3. The molecule has 3 rings (SSSR count). The fourth-order valence-corrected chi connectivity index (χ4v) is 3.18. The smallest absolute Gasteiger partial charge is 0.0121 e. The molecule has 0 atom stereocenters. The maximum absolute atomic E-state index is 3.44. The Labute approximate surface area is 99.2 Å². The van der Waals surface area contributed by atoms with Crippen molar-refractivity contribution in [1.82, 2.24) is 15.1 Å². The van der Waals surface area contributed by atoms with Gasteiger partial charge in [0.15, 0.2) is 0 Å². The zero-order chi connectivity index (χ0) is 10.8. The second-order valence-electron chi connectivity index (χ2n) is 5.76. The van der Waals surface area contributed by atoms with E-state index < -0.39 is 0 Å². The third-order valence-corrected chi connectivity index (χ3v) is 4.44. The molecular formula is C13H25N3. The summed E-state index contributed by atoms with van der Waals surface area (Å²) in [6, 6.07) is 0.887. The maximum Gasteiger partial charge on any atom is 0.0121 e. The lowest BCUT2D eigenvalue weighted by Crippen LogP contribution is -2.52.